The molecule has 0 unspecified atom stereocenters. The van der Waals surface area contributed by atoms with Crippen molar-refractivity contribution in [2.75, 3.05) is 12.8 Å². The number of pyridine rings is 1. The first-order valence-electron chi connectivity index (χ1n) is 7.11. The van der Waals surface area contributed by atoms with E-state index in [2.05, 4.69) is 25.4 Å². The van der Waals surface area contributed by atoms with Crippen molar-refractivity contribution in [3.8, 4) is 11.4 Å². The van der Waals surface area contributed by atoms with Crippen LogP contribution in [0.4, 0.5) is 5.82 Å². The lowest BCUT2D eigenvalue weighted by Crippen LogP contribution is -2.48. The quantitative estimate of drug-likeness (QED) is 0.450. The van der Waals surface area contributed by atoms with Crippen LogP contribution in [0.3, 0.4) is 0 Å². The minimum Gasteiger partial charge on any atom is -0.382 e. The highest BCUT2D eigenvalue weighted by molar-refractivity contribution is 5.93. The van der Waals surface area contributed by atoms with E-state index >= 15 is 0 Å². The first-order chi connectivity index (χ1) is 10.7. The number of rotatable bonds is 3. The molecule has 2 heterocycles. The topological polar surface area (TPSA) is 109 Å². The van der Waals surface area contributed by atoms with E-state index in [-0.39, 0.29) is 5.41 Å². The summed E-state index contributed by atoms with van der Waals surface area (Å²) < 4.78 is 0. The van der Waals surface area contributed by atoms with Crippen LogP contribution in [0.15, 0.2) is 35.7 Å². The molecule has 0 spiro atoms. The van der Waals surface area contributed by atoms with Crippen LogP contribution in [-0.2, 0) is 5.41 Å². The predicted molar refractivity (Wildman–Crippen MR) is 83.5 cm³/mol. The van der Waals surface area contributed by atoms with Crippen LogP contribution in [0.5, 0.6) is 0 Å². The summed E-state index contributed by atoms with van der Waals surface area (Å²) in [7, 11) is 1.67. The van der Waals surface area contributed by atoms with Gasteiger partial charge in [-0.25, -0.2) is 9.97 Å². The Bertz CT molecular complexity index is 676. The number of hydrogen-bond acceptors (Lipinski definition) is 6. The molecule has 1 aliphatic carbocycles. The first-order valence-corrected chi connectivity index (χ1v) is 7.11. The lowest BCUT2D eigenvalue weighted by molar-refractivity contribution is 0.207. The van der Waals surface area contributed by atoms with Crippen molar-refractivity contribution in [3.63, 3.8) is 0 Å². The summed E-state index contributed by atoms with van der Waals surface area (Å²) in [5, 5.41) is 9.32. The summed E-state index contributed by atoms with van der Waals surface area (Å²) in [6.07, 6.45) is 7.91. The Morgan fingerprint density at radius 2 is 1.95 bits per heavy atom. The van der Waals surface area contributed by atoms with Gasteiger partial charge in [0, 0.05) is 13.2 Å². The van der Waals surface area contributed by atoms with Crippen molar-refractivity contribution in [1.29, 1.82) is 0 Å². The molecular formula is C15H18N6O. The van der Waals surface area contributed by atoms with Gasteiger partial charge in [-0.3, -0.25) is 20.7 Å². The molecular weight excluding hydrogens is 280 g/mol. The summed E-state index contributed by atoms with van der Waals surface area (Å²) >= 11 is 0. The molecule has 2 aromatic rings. The van der Waals surface area contributed by atoms with E-state index in [4.69, 9.17) is 5.73 Å². The Labute approximate surface area is 128 Å². The molecule has 114 valence electrons. The van der Waals surface area contributed by atoms with Gasteiger partial charge in [0.1, 0.15) is 17.3 Å². The lowest BCUT2D eigenvalue weighted by atomic mass is 9.64. The van der Waals surface area contributed by atoms with Crippen molar-refractivity contribution in [3.05, 3.63) is 36.3 Å². The van der Waals surface area contributed by atoms with E-state index in [1.165, 1.54) is 6.20 Å². The summed E-state index contributed by atoms with van der Waals surface area (Å²) in [4.78, 5) is 16.9. The Morgan fingerprint density at radius 1 is 1.18 bits per heavy atom. The molecule has 7 nitrogen and oxygen atoms in total. The third-order valence-corrected chi connectivity index (χ3v) is 4.24. The van der Waals surface area contributed by atoms with E-state index in [1.807, 2.05) is 18.3 Å². The van der Waals surface area contributed by atoms with Crippen molar-refractivity contribution in [1.82, 2.24) is 20.4 Å². The SMILES string of the molecule is CN=C(NO)C1(c2ccc(-c3cnc(N)cn3)nc2)CCC1. The Hall–Kier alpha value is -2.54. The van der Waals surface area contributed by atoms with Crippen LogP contribution < -0.4 is 11.2 Å². The Balaban J connectivity index is 1.92. The summed E-state index contributed by atoms with van der Waals surface area (Å²) in [6, 6.07) is 3.91. The summed E-state index contributed by atoms with van der Waals surface area (Å²) in [5.41, 5.74) is 9.95. The number of nitrogens with two attached hydrogens (primary N) is 1. The molecule has 3 rings (SSSR count). The number of aliphatic imine (C=N–C) groups is 1. The Morgan fingerprint density at radius 3 is 2.41 bits per heavy atom. The first kappa shape index (κ1) is 14.4. The highest BCUT2D eigenvalue weighted by Crippen LogP contribution is 2.44. The number of nitrogen functional groups attached to an aromatic ring is 1. The molecule has 0 aromatic carbocycles. The van der Waals surface area contributed by atoms with Crippen molar-refractivity contribution < 1.29 is 5.21 Å². The fourth-order valence-corrected chi connectivity index (χ4v) is 2.86. The molecule has 1 aliphatic rings. The molecule has 0 bridgehead atoms. The minimum absolute atomic E-state index is 0.262. The zero-order valence-electron chi connectivity index (χ0n) is 12.3. The number of aromatic nitrogens is 3. The molecule has 0 radical (unpaired) electrons. The summed E-state index contributed by atoms with van der Waals surface area (Å²) in [5.74, 6) is 0.965. The maximum Gasteiger partial charge on any atom is 0.141 e. The van der Waals surface area contributed by atoms with Gasteiger partial charge in [-0.05, 0) is 24.5 Å². The standard InChI is InChI=1S/C15H18N6O/c1-17-14(21-22)15(5-2-6-15)10-3-4-11(18-7-10)12-8-20-13(16)9-19-12/h3-4,7-9,22H,2,5-6H2,1H3,(H2,16,20)(H,17,21). The van der Waals surface area contributed by atoms with Crippen LogP contribution in [0.2, 0.25) is 0 Å². The van der Waals surface area contributed by atoms with E-state index < -0.39 is 0 Å². The van der Waals surface area contributed by atoms with E-state index in [0.717, 1.165) is 30.5 Å². The minimum atomic E-state index is -0.262. The largest absolute Gasteiger partial charge is 0.382 e. The van der Waals surface area contributed by atoms with Gasteiger partial charge < -0.3 is 5.73 Å². The van der Waals surface area contributed by atoms with Gasteiger partial charge in [0.2, 0.25) is 0 Å². The fourth-order valence-electron chi connectivity index (χ4n) is 2.86. The van der Waals surface area contributed by atoms with Crippen LogP contribution in [0.25, 0.3) is 11.4 Å². The molecule has 7 heteroatoms. The van der Waals surface area contributed by atoms with Gasteiger partial charge in [-0.2, -0.15) is 0 Å². The lowest BCUT2D eigenvalue weighted by Gasteiger charge is -2.42. The molecule has 0 saturated heterocycles. The van der Waals surface area contributed by atoms with Crippen LogP contribution in [0.1, 0.15) is 24.8 Å². The highest BCUT2D eigenvalue weighted by atomic mass is 16.5. The average molecular weight is 298 g/mol. The smallest absolute Gasteiger partial charge is 0.141 e. The van der Waals surface area contributed by atoms with Gasteiger partial charge in [0.15, 0.2) is 0 Å². The van der Waals surface area contributed by atoms with Crippen LogP contribution in [0, 0.1) is 0 Å². The van der Waals surface area contributed by atoms with Gasteiger partial charge in [-0.15, -0.1) is 0 Å². The maximum absolute atomic E-state index is 9.32. The van der Waals surface area contributed by atoms with Gasteiger partial charge in [0.05, 0.1) is 23.5 Å². The second-order valence-corrected chi connectivity index (χ2v) is 5.38. The zero-order valence-corrected chi connectivity index (χ0v) is 12.3. The van der Waals surface area contributed by atoms with Crippen molar-refractivity contribution >= 4 is 11.7 Å². The normalized spacial score (nSPS) is 16.9. The number of hydroxylamine groups is 1. The Kier molecular flexibility index (Phi) is 3.72. The molecule has 22 heavy (non-hydrogen) atoms. The average Bonchev–Trinajstić information content (AvgIpc) is 2.52. The van der Waals surface area contributed by atoms with E-state index in [9.17, 15) is 5.21 Å². The number of amidine groups is 1. The van der Waals surface area contributed by atoms with Crippen LogP contribution >= 0.6 is 0 Å². The molecule has 0 atom stereocenters. The second kappa shape index (κ2) is 5.69. The highest BCUT2D eigenvalue weighted by Gasteiger charge is 2.43. The number of hydrogen-bond donors (Lipinski definition) is 3. The molecule has 4 N–H and O–H groups in total. The summed E-state index contributed by atoms with van der Waals surface area (Å²) in [6.45, 7) is 0. The molecule has 1 saturated carbocycles. The zero-order chi connectivity index (χ0) is 15.6. The number of nitrogens with zero attached hydrogens (tertiary/aromatic N) is 4. The van der Waals surface area contributed by atoms with E-state index in [1.54, 1.807) is 13.2 Å². The number of nitrogens with one attached hydrogen (secondary N) is 1. The van der Waals surface area contributed by atoms with Crippen molar-refractivity contribution in [2.45, 2.75) is 24.7 Å². The molecule has 0 aliphatic heterocycles. The van der Waals surface area contributed by atoms with Gasteiger partial charge >= 0.3 is 0 Å². The van der Waals surface area contributed by atoms with Crippen molar-refractivity contribution in [2.24, 2.45) is 4.99 Å². The maximum atomic E-state index is 9.32. The fraction of sp³-hybridized carbons (Fsp3) is 0.333. The predicted octanol–water partition coefficient (Wildman–Crippen LogP) is 1.55. The van der Waals surface area contributed by atoms with Gasteiger partial charge in [0.25, 0.3) is 0 Å². The second-order valence-electron chi connectivity index (χ2n) is 5.38. The molecule has 2 aromatic heterocycles. The molecule has 1 fully saturated rings. The molecule has 0 amide bonds. The third kappa shape index (κ3) is 2.29. The van der Waals surface area contributed by atoms with E-state index in [0.29, 0.717) is 17.3 Å². The number of anilines is 1. The monoisotopic (exact) mass is 298 g/mol. The van der Waals surface area contributed by atoms with Crippen LogP contribution in [-0.4, -0.2) is 33.0 Å². The third-order valence-electron chi connectivity index (χ3n) is 4.24. The van der Waals surface area contributed by atoms with Gasteiger partial charge in [-0.1, -0.05) is 12.5 Å².